The number of aromatic amines is 1. The second kappa shape index (κ2) is 11.4. The number of fused-ring (bicyclic) bond motifs is 2. The van der Waals surface area contributed by atoms with Crippen LogP contribution >= 0.6 is 0 Å². The molecule has 0 amide bonds. The molecule has 14 heteroatoms. The number of aryl methyl sites for hydroxylation is 1. The lowest BCUT2D eigenvalue weighted by Gasteiger charge is -2.25. The highest BCUT2D eigenvalue weighted by Crippen LogP contribution is 2.39. The van der Waals surface area contributed by atoms with Gasteiger partial charge >= 0.3 is 0 Å². The molecule has 6 rings (SSSR count). The number of hydrogen-bond donors (Lipinski definition) is 4. The minimum absolute atomic E-state index is 0.0782. The van der Waals surface area contributed by atoms with E-state index in [0.29, 0.717) is 54.2 Å². The molecule has 11 nitrogen and oxygen atoms in total. The zero-order valence-electron chi connectivity index (χ0n) is 24.1. The fraction of sp³-hybridized carbons (Fsp3) is 0.552. The molecular formula is C29H37F2N7O4S. The van der Waals surface area contributed by atoms with Gasteiger partial charge < -0.3 is 25.1 Å². The van der Waals surface area contributed by atoms with Crippen molar-refractivity contribution in [3.8, 4) is 0 Å². The quantitative estimate of drug-likeness (QED) is 0.176. The van der Waals surface area contributed by atoms with Crippen molar-refractivity contribution in [1.29, 1.82) is 0 Å². The van der Waals surface area contributed by atoms with Gasteiger partial charge in [-0.05, 0) is 50.3 Å². The number of unbranched alkanes of at least 4 members (excludes halogenated alkanes) is 1. The number of halogens is 2. The molecule has 232 valence electrons. The molecule has 2 saturated carbocycles. The number of nitrogens with zero attached hydrogens (tertiary/aromatic N) is 5. The normalized spacial score (nSPS) is 23.1. The summed E-state index contributed by atoms with van der Waals surface area (Å²) in [6.45, 7) is 1.17. The van der Waals surface area contributed by atoms with Crippen LogP contribution in [0.15, 0.2) is 36.8 Å². The van der Waals surface area contributed by atoms with Gasteiger partial charge in [-0.2, -0.15) is 0 Å². The molecule has 4 aromatic rings. The number of aromatic nitrogens is 5. The molecule has 0 radical (unpaired) electrons. The van der Waals surface area contributed by atoms with Gasteiger partial charge in [-0.3, -0.25) is 0 Å². The van der Waals surface area contributed by atoms with E-state index in [1.165, 1.54) is 22.8 Å². The van der Waals surface area contributed by atoms with Crippen molar-refractivity contribution in [2.24, 2.45) is 5.92 Å². The smallest absolute Gasteiger partial charge is 0.270 e. The van der Waals surface area contributed by atoms with Crippen LogP contribution in [0.25, 0.3) is 22.1 Å². The summed E-state index contributed by atoms with van der Waals surface area (Å²) in [6.07, 6.45) is 6.53. The van der Waals surface area contributed by atoms with Crippen LogP contribution in [-0.4, -0.2) is 85.0 Å². The van der Waals surface area contributed by atoms with Crippen LogP contribution in [0.4, 0.5) is 14.6 Å². The highest BCUT2D eigenvalue weighted by atomic mass is 32.2. The molecule has 4 atom stereocenters. The average molecular weight is 618 g/mol. The molecule has 3 heterocycles. The van der Waals surface area contributed by atoms with E-state index in [-0.39, 0.29) is 18.7 Å². The summed E-state index contributed by atoms with van der Waals surface area (Å²) < 4.78 is 56.0. The molecule has 43 heavy (non-hydrogen) atoms. The number of imidazole rings is 1. The first-order chi connectivity index (χ1) is 20.4. The van der Waals surface area contributed by atoms with Gasteiger partial charge in [0.1, 0.15) is 29.7 Å². The molecule has 2 aliphatic carbocycles. The lowest BCUT2D eigenvalue weighted by molar-refractivity contribution is 0.00403. The Bertz CT molecular complexity index is 1720. The highest BCUT2D eigenvalue weighted by molar-refractivity contribution is 7.88. The molecule has 2 fully saturated rings. The SMILES string of the molecule is CC(F)(F)c1ccc2nc(CCCCN(C[C@H]3C[C@@H](n4ccc5c(NC6CC6)ncnc54)[C@H](O)[C@@H]3O)S(C)(=O)=O)[nH]c2c1. The second-order valence-corrected chi connectivity index (χ2v) is 14.0. The number of alkyl halides is 2. The van der Waals surface area contributed by atoms with Crippen LogP contribution in [0.5, 0.6) is 0 Å². The first-order valence-electron chi connectivity index (χ1n) is 14.6. The number of anilines is 1. The van der Waals surface area contributed by atoms with Crippen molar-refractivity contribution in [3.63, 3.8) is 0 Å². The third-order valence-electron chi connectivity index (χ3n) is 8.57. The molecule has 2 aliphatic rings. The number of H-pyrrole nitrogens is 1. The minimum Gasteiger partial charge on any atom is -0.390 e. The Morgan fingerprint density at radius 2 is 1.95 bits per heavy atom. The van der Waals surface area contributed by atoms with Crippen LogP contribution in [0.1, 0.15) is 56.5 Å². The van der Waals surface area contributed by atoms with Crippen molar-refractivity contribution < 1.29 is 27.4 Å². The van der Waals surface area contributed by atoms with Gasteiger partial charge in [0.15, 0.2) is 0 Å². The van der Waals surface area contributed by atoms with Gasteiger partial charge in [-0.15, -0.1) is 0 Å². The maximum absolute atomic E-state index is 13.7. The molecule has 1 aromatic carbocycles. The number of aliphatic hydroxyl groups is 2. The third-order valence-corrected chi connectivity index (χ3v) is 9.84. The summed E-state index contributed by atoms with van der Waals surface area (Å²) in [6, 6.07) is 6.18. The zero-order chi connectivity index (χ0) is 30.5. The van der Waals surface area contributed by atoms with Crippen molar-refractivity contribution >= 4 is 37.9 Å². The Balaban J connectivity index is 1.09. The number of sulfonamides is 1. The Morgan fingerprint density at radius 1 is 1.16 bits per heavy atom. The van der Waals surface area contributed by atoms with E-state index in [9.17, 15) is 27.4 Å². The fourth-order valence-electron chi connectivity index (χ4n) is 6.02. The zero-order valence-corrected chi connectivity index (χ0v) is 24.9. The van der Waals surface area contributed by atoms with Crippen LogP contribution in [-0.2, 0) is 22.4 Å². The van der Waals surface area contributed by atoms with Crippen molar-refractivity contribution in [1.82, 2.24) is 28.8 Å². The molecule has 0 aliphatic heterocycles. The van der Waals surface area contributed by atoms with E-state index in [2.05, 4.69) is 25.3 Å². The number of hydrogen-bond acceptors (Lipinski definition) is 8. The van der Waals surface area contributed by atoms with Crippen LogP contribution in [0.2, 0.25) is 0 Å². The second-order valence-electron chi connectivity index (χ2n) is 12.0. The van der Waals surface area contributed by atoms with Crippen LogP contribution in [0.3, 0.4) is 0 Å². The van der Waals surface area contributed by atoms with Gasteiger partial charge in [0.25, 0.3) is 5.92 Å². The summed E-state index contributed by atoms with van der Waals surface area (Å²) in [5, 5.41) is 26.2. The van der Waals surface area contributed by atoms with Crippen molar-refractivity contribution in [3.05, 3.63) is 48.2 Å². The monoisotopic (exact) mass is 617 g/mol. The van der Waals surface area contributed by atoms with Gasteiger partial charge in [-0.25, -0.2) is 36.5 Å². The Labute approximate surface area is 248 Å². The summed E-state index contributed by atoms with van der Waals surface area (Å²) >= 11 is 0. The minimum atomic E-state index is -3.58. The van der Waals surface area contributed by atoms with Gasteiger partial charge in [0.2, 0.25) is 10.0 Å². The van der Waals surface area contributed by atoms with E-state index in [0.717, 1.165) is 37.2 Å². The lowest BCUT2D eigenvalue weighted by atomic mass is 10.1. The maximum atomic E-state index is 13.7. The largest absolute Gasteiger partial charge is 0.390 e. The van der Waals surface area contributed by atoms with Crippen molar-refractivity contribution in [2.75, 3.05) is 24.7 Å². The summed E-state index contributed by atoms with van der Waals surface area (Å²) in [5.74, 6) is -2.03. The molecule has 0 unspecified atom stereocenters. The first-order valence-corrected chi connectivity index (χ1v) is 16.5. The van der Waals surface area contributed by atoms with Crippen LogP contribution < -0.4 is 5.32 Å². The molecule has 0 saturated heterocycles. The Kier molecular flexibility index (Phi) is 7.90. The average Bonchev–Trinajstić information content (AvgIpc) is 3.39. The van der Waals surface area contributed by atoms with Gasteiger partial charge in [0, 0.05) is 50.2 Å². The molecule has 0 bridgehead atoms. The summed E-state index contributed by atoms with van der Waals surface area (Å²) in [7, 11) is -3.58. The molecule has 3 aromatic heterocycles. The Hall–Kier alpha value is -3.20. The van der Waals surface area contributed by atoms with Gasteiger partial charge in [0.05, 0.1) is 34.8 Å². The van der Waals surface area contributed by atoms with Crippen LogP contribution in [0, 0.1) is 5.92 Å². The highest BCUT2D eigenvalue weighted by Gasteiger charge is 2.44. The third kappa shape index (κ3) is 6.37. The van der Waals surface area contributed by atoms with Crippen molar-refractivity contribution in [2.45, 2.75) is 75.7 Å². The number of rotatable bonds is 12. The van der Waals surface area contributed by atoms with E-state index in [4.69, 9.17) is 0 Å². The van der Waals surface area contributed by atoms with E-state index in [1.807, 2.05) is 16.8 Å². The molecule has 0 spiro atoms. The predicted molar refractivity (Wildman–Crippen MR) is 158 cm³/mol. The van der Waals surface area contributed by atoms with Gasteiger partial charge in [-0.1, -0.05) is 6.07 Å². The molecule has 4 N–H and O–H groups in total. The van der Waals surface area contributed by atoms with E-state index >= 15 is 0 Å². The first kappa shape index (κ1) is 29.9. The van der Waals surface area contributed by atoms with E-state index in [1.54, 1.807) is 6.07 Å². The topological polar surface area (TPSA) is 149 Å². The number of aliphatic hydroxyl groups excluding tert-OH is 2. The predicted octanol–water partition coefficient (Wildman–Crippen LogP) is 3.56. The van der Waals surface area contributed by atoms with E-state index < -0.39 is 40.1 Å². The molecular weight excluding hydrogens is 580 g/mol. The standard InChI is InChI=1S/C29H37F2N7O4S/c1-29(30,31)18-6-9-21-22(14-18)36-24(35-21)5-3-4-11-37(43(2,41)42)15-17-13-23(26(40)25(17)39)38-12-10-20-27(34-19-7-8-19)32-16-33-28(20)38/h6,9-10,12,14,16-17,19,23,25-26,39-40H,3-5,7-8,11,13,15H2,1-2H3,(H,35,36)(H,32,33,34)/t17-,23-,25-,26+/m1/s1. The fourth-order valence-corrected chi connectivity index (χ4v) is 6.94. The Morgan fingerprint density at radius 3 is 2.67 bits per heavy atom. The maximum Gasteiger partial charge on any atom is 0.270 e. The number of nitrogens with one attached hydrogen (secondary N) is 2. The summed E-state index contributed by atoms with van der Waals surface area (Å²) in [4.78, 5) is 16.4. The lowest BCUT2D eigenvalue weighted by Crippen LogP contribution is -2.39. The summed E-state index contributed by atoms with van der Waals surface area (Å²) in [5.41, 5.74) is 1.70. The number of benzene rings is 1.